The number of hydrogen-bond donors (Lipinski definition) is 1. The summed E-state index contributed by atoms with van der Waals surface area (Å²) < 4.78 is 0. The lowest BCUT2D eigenvalue weighted by molar-refractivity contribution is 0.0999. The molecule has 0 aliphatic heterocycles. The Hall–Kier alpha value is -2.60. The molecule has 0 fully saturated rings. The lowest BCUT2D eigenvalue weighted by atomic mass is 9.89. The SMILES string of the molecule is N#CCCC1c2ccccc2-c2cccc(C(N)=O)c21. The molecular formula is C17H14N2O. The number of hydrogen-bond acceptors (Lipinski definition) is 2. The summed E-state index contributed by atoms with van der Waals surface area (Å²) in [6.07, 6.45) is 1.18. The molecule has 0 bridgehead atoms. The Labute approximate surface area is 117 Å². The minimum Gasteiger partial charge on any atom is -0.366 e. The summed E-state index contributed by atoms with van der Waals surface area (Å²) in [6, 6.07) is 16.0. The molecule has 3 rings (SSSR count). The lowest BCUT2D eigenvalue weighted by Crippen LogP contribution is -2.15. The highest BCUT2D eigenvalue weighted by Gasteiger charge is 2.31. The van der Waals surface area contributed by atoms with Crippen LogP contribution in [0.5, 0.6) is 0 Å². The van der Waals surface area contributed by atoms with Gasteiger partial charge in [0.2, 0.25) is 5.91 Å². The van der Waals surface area contributed by atoms with Gasteiger partial charge in [0, 0.05) is 17.9 Å². The maximum Gasteiger partial charge on any atom is 0.249 e. The van der Waals surface area contributed by atoms with Crippen LogP contribution in [-0.4, -0.2) is 5.91 Å². The molecule has 0 saturated carbocycles. The predicted molar refractivity (Wildman–Crippen MR) is 77.1 cm³/mol. The largest absolute Gasteiger partial charge is 0.366 e. The molecule has 2 aromatic carbocycles. The molecule has 0 spiro atoms. The zero-order chi connectivity index (χ0) is 14.1. The Morgan fingerprint density at radius 1 is 1.15 bits per heavy atom. The molecule has 1 atom stereocenters. The number of rotatable bonds is 3. The molecule has 3 nitrogen and oxygen atoms in total. The number of carbonyl (C=O) groups excluding carboxylic acids is 1. The maximum atomic E-state index is 11.7. The molecule has 1 amide bonds. The van der Waals surface area contributed by atoms with Crippen LogP contribution >= 0.6 is 0 Å². The molecule has 2 N–H and O–H groups in total. The van der Waals surface area contributed by atoms with Gasteiger partial charge < -0.3 is 5.73 Å². The summed E-state index contributed by atoms with van der Waals surface area (Å²) in [5, 5.41) is 8.86. The summed E-state index contributed by atoms with van der Waals surface area (Å²) in [7, 11) is 0. The number of nitrogens with two attached hydrogens (primary N) is 1. The van der Waals surface area contributed by atoms with E-state index in [-0.39, 0.29) is 5.92 Å². The fraction of sp³-hybridized carbons (Fsp3) is 0.176. The van der Waals surface area contributed by atoms with E-state index in [1.807, 2.05) is 24.3 Å². The number of nitriles is 1. The van der Waals surface area contributed by atoms with E-state index in [2.05, 4.69) is 18.2 Å². The molecule has 20 heavy (non-hydrogen) atoms. The average molecular weight is 262 g/mol. The van der Waals surface area contributed by atoms with Gasteiger partial charge >= 0.3 is 0 Å². The normalized spacial score (nSPS) is 15.2. The highest BCUT2D eigenvalue weighted by atomic mass is 16.1. The second kappa shape index (κ2) is 4.82. The van der Waals surface area contributed by atoms with E-state index in [1.54, 1.807) is 6.07 Å². The standard InChI is InChI=1S/C17H14N2O/c18-10-4-9-14-12-6-2-1-5-11(12)13-7-3-8-15(16(13)14)17(19)20/h1-3,5-8,14H,4,9H2,(H2,19,20). The van der Waals surface area contributed by atoms with Gasteiger partial charge in [0.15, 0.2) is 0 Å². The van der Waals surface area contributed by atoms with Crippen molar-refractivity contribution < 1.29 is 4.79 Å². The highest BCUT2D eigenvalue weighted by molar-refractivity contribution is 5.98. The van der Waals surface area contributed by atoms with Crippen LogP contribution in [0.1, 0.15) is 40.2 Å². The monoisotopic (exact) mass is 262 g/mol. The first-order chi connectivity index (χ1) is 9.74. The molecule has 1 aliphatic rings. The van der Waals surface area contributed by atoms with E-state index in [1.165, 1.54) is 5.56 Å². The molecule has 2 aromatic rings. The van der Waals surface area contributed by atoms with Crippen LogP contribution < -0.4 is 5.73 Å². The van der Waals surface area contributed by atoms with Crippen molar-refractivity contribution >= 4 is 5.91 Å². The molecule has 98 valence electrons. The Bertz CT molecular complexity index is 728. The average Bonchev–Trinajstić information content (AvgIpc) is 2.79. The molecular weight excluding hydrogens is 248 g/mol. The minimum atomic E-state index is -0.406. The van der Waals surface area contributed by atoms with Gasteiger partial charge in [-0.05, 0) is 34.7 Å². The van der Waals surface area contributed by atoms with Crippen molar-refractivity contribution in [2.75, 3.05) is 0 Å². The number of primary amides is 1. The quantitative estimate of drug-likeness (QED) is 0.922. The fourth-order valence-corrected chi connectivity index (χ4v) is 3.10. The van der Waals surface area contributed by atoms with E-state index in [0.29, 0.717) is 18.4 Å². The Morgan fingerprint density at radius 3 is 2.65 bits per heavy atom. The molecule has 3 heteroatoms. The first-order valence-corrected chi connectivity index (χ1v) is 6.63. The predicted octanol–water partition coefficient (Wildman–Crippen LogP) is 3.20. The molecule has 1 aliphatic carbocycles. The van der Waals surface area contributed by atoms with Crippen LogP contribution in [-0.2, 0) is 0 Å². The summed E-state index contributed by atoms with van der Waals surface area (Å²) >= 11 is 0. The van der Waals surface area contributed by atoms with Crippen molar-refractivity contribution in [3.63, 3.8) is 0 Å². The first-order valence-electron chi connectivity index (χ1n) is 6.63. The summed E-state index contributed by atoms with van der Waals surface area (Å²) in [5.74, 6) is -0.318. The number of fused-ring (bicyclic) bond motifs is 3. The van der Waals surface area contributed by atoms with Gasteiger partial charge in [0.25, 0.3) is 0 Å². The smallest absolute Gasteiger partial charge is 0.249 e. The number of benzene rings is 2. The van der Waals surface area contributed by atoms with E-state index in [9.17, 15) is 4.79 Å². The van der Waals surface area contributed by atoms with Crippen molar-refractivity contribution in [3.8, 4) is 17.2 Å². The highest BCUT2D eigenvalue weighted by Crippen LogP contribution is 2.47. The van der Waals surface area contributed by atoms with Crippen LogP contribution in [0.3, 0.4) is 0 Å². The molecule has 0 heterocycles. The zero-order valence-corrected chi connectivity index (χ0v) is 11.0. The third-order valence-electron chi connectivity index (χ3n) is 3.89. The first kappa shape index (κ1) is 12.4. The van der Waals surface area contributed by atoms with Crippen LogP contribution in [0, 0.1) is 11.3 Å². The Kier molecular flexibility index (Phi) is 3.00. The Morgan fingerprint density at radius 2 is 1.90 bits per heavy atom. The minimum absolute atomic E-state index is 0.0875. The van der Waals surface area contributed by atoms with Gasteiger partial charge in [-0.2, -0.15) is 5.26 Å². The second-order valence-corrected chi connectivity index (χ2v) is 4.97. The van der Waals surface area contributed by atoms with Gasteiger partial charge in [-0.1, -0.05) is 36.4 Å². The van der Waals surface area contributed by atoms with Gasteiger partial charge in [-0.25, -0.2) is 0 Å². The topological polar surface area (TPSA) is 66.9 Å². The number of nitrogens with zero attached hydrogens (tertiary/aromatic N) is 1. The lowest BCUT2D eigenvalue weighted by Gasteiger charge is -2.14. The Balaban J connectivity index is 2.23. The third-order valence-corrected chi connectivity index (χ3v) is 3.89. The van der Waals surface area contributed by atoms with Gasteiger partial charge in [0.05, 0.1) is 6.07 Å². The summed E-state index contributed by atoms with van der Waals surface area (Å²) in [5.41, 5.74) is 10.5. The van der Waals surface area contributed by atoms with Crippen molar-refractivity contribution in [1.82, 2.24) is 0 Å². The molecule has 0 saturated heterocycles. The number of amides is 1. The van der Waals surface area contributed by atoms with Crippen LogP contribution in [0.4, 0.5) is 0 Å². The van der Waals surface area contributed by atoms with E-state index >= 15 is 0 Å². The van der Waals surface area contributed by atoms with E-state index in [4.69, 9.17) is 11.0 Å². The van der Waals surface area contributed by atoms with E-state index in [0.717, 1.165) is 16.7 Å². The fourth-order valence-electron chi connectivity index (χ4n) is 3.10. The number of carbonyl (C=O) groups is 1. The zero-order valence-electron chi connectivity index (χ0n) is 11.0. The molecule has 0 radical (unpaired) electrons. The molecule has 0 aromatic heterocycles. The van der Waals surface area contributed by atoms with Crippen molar-refractivity contribution in [2.45, 2.75) is 18.8 Å². The summed E-state index contributed by atoms with van der Waals surface area (Å²) in [4.78, 5) is 11.7. The van der Waals surface area contributed by atoms with Crippen LogP contribution in [0.15, 0.2) is 42.5 Å². The maximum absolute atomic E-state index is 11.7. The van der Waals surface area contributed by atoms with Gasteiger partial charge in [-0.15, -0.1) is 0 Å². The van der Waals surface area contributed by atoms with Crippen LogP contribution in [0.25, 0.3) is 11.1 Å². The third kappa shape index (κ3) is 1.78. The molecule has 1 unspecified atom stereocenters. The van der Waals surface area contributed by atoms with Gasteiger partial charge in [0.1, 0.15) is 0 Å². The van der Waals surface area contributed by atoms with E-state index < -0.39 is 5.91 Å². The van der Waals surface area contributed by atoms with Crippen molar-refractivity contribution in [1.29, 1.82) is 5.26 Å². The van der Waals surface area contributed by atoms with Gasteiger partial charge in [-0.3, -0.25) is 4.79 Å². The van der Waals surface area contributed by atoms with Crippen molar-refractivity contribution in [2.24, 2.45) is 5.73 Å². The second-order valence-electron chi connectivity index (χ2n) is 4.97. The summed E-state index contributed by atoms with van der Waals surface area (Å²) in [6.45, 7) is 0. The van der Waals surface area contributed by atoms with Crippen molar-refractivity contribution in [3.05, 3.63) is 59.2 Å². The van der Waals surface area contributed by atoms with Crippen LogP contribution in [0.2, 0.25) is 0 Å².